The van der Waals surface area contributed by atoms with Crippen LogP contribution in [0.2, 0.25) is 0 Å². The summed E-state index contributed by atoms with van der Waals surface area (Å²) in [5.41, 5.74) is 8.03. The van der Waals surface area contributed by atoms with E-state index in [0.717, 1.165) is 5.56 Å². The van der Waals surface area contributed by atoms with Crippen LogP contribution in [0.5, 0.6) is 5.75 Å². The number of benzene rings is 2. The van der Waals surface area contributed by atoms with Crippen LogP contribution in [-0.4, -0.2) is 79.8 Å². The van der Waals surface area contributed by atoms with E-state index in [-0.39, 0.29) is 25.0 Å². The van der Waals surface area contributed by atoms with Gasteiger partial charge in [-0.15, -0.1) is 0 Å². The maximum absolute atomic E-state index is 13.5. The molecule has 0 aliphatic heterocycles. The minimum Gasteiger partial charge on any atom is -0.508 e. The molecule has 1 aromatic heterocycles. The lowest BCUT2D eigenvalue weighted by Crippen LogP contribution is -2.58. The number of nitrogens with one attached hydrogen (secondary N) is 4. The number of hydrogen-bond donors (Lipinski definition) is 8. The molecule has 212 valence electrons. The number of carbonyl (C=O) groups excluding carboxylic acids is 3. The second-order valence-corrected chi connectivity index (χ2v) is 9.15. The van der Waals surface area contributed by atoms with E-state index in [9.17, 15) is 34.5 Å². The van der Waals surface area contributed by atoms with E-state index in [2.05, 4.69) is 25.9 Å². The van der Waals surface area contributed by atoms with Gasteiger partial charge in [-0.3, -0.25) is 14.4 Å². The highest BCUT2D eigenvalue weighted by Gasteiger charge is 2.31. The Bertz CT molecular complexity index is 1270. The number of aromatic hydroxyl groups is 1. The predicted molar refractivity (Wildman–Crippen MR) is 143 cm³/mol. The number of aliphatic carboxylic acids is 1. The number of carboxylic acid groups (broad SMARTS) is 1. The third-order valence-electron chi connectivity index (χ3n) is 6.05. The maximum Gasteiger partial charge on any atom is 0.328 e. The smallest absolute Gasteiger partial charge is 0.328 e. The summed E-state index contributed by atoms with van der Waals surface area (Å²) in [6, 6.07) is 10.1. The number of carbonyl (C=O) groups is 4. The summed E-state index contributed by atoms with van der Waals surface area (Å²) in [5.74, 6) is -3.62. The normalized spacial score (nSPS) is 13.8. The molecule has 2 aromatic carbocycles. The summed E-state index contributed by atoms with van der Waals surface area (Å²) < 4.78 is 0. The molecule has 40 heavy (non-hydrogen) atoms. The van der Waals surface area contributed by atoms with Crippen molar-refractivity contribution >= 4 is 23.7 Å². The summed E-state index contributed by atoms with van der Waals surface area (Å²) in [7, 11) is 0. The molecule has 4 unspecified atom stereocenters. The lowest BCUT2D eigenvalue weighted by molar-refractivity contribution is -0.143. The highest BCUT2D eigenvalue weighted by molar-refractivity contribution is 5.94. The molecule has 0 aliphatic carbocycles. The third-order valence-corrected chi connectivity index (χ3v) is 6.05. The predicted octanol–water partition coefficient (Wildman–Crippen LogP) is -0.998. The Morgan fingerprint density at radius 1 is 0.800 bits per heavy atom. The molecule has 4 atom stereocenters. The van der Waals surface area contributed by atoms with Crippen molar-refractivity contribution in [2.75, 3.05) is 6.61 Å². The van der Waals surface area contributed by atoms with Crippen molar-refractivity contribution in [2.24, 2.45) is 5.73 Å². The van der Waals surface area contributed by atoms with Gasteiger partial charge < -0.3 is 42.0 Å². The van der Waals surface area contributed by atoms with Crippen LogP contribution in [0, 0.1) is 0 Å². The quantitative estimate of drug-likeness (QED) is 0.123. The number of H-pyrrole nitrogens is 1. The molecule has 0 saturated carbocycles. The number of aliphatic hydroxyl groups is 1. The minimum absolute atomic E-state index is 0.00268. The minimum atomic E-state index is -1.59. The lowest BCUT2D eigenvalue weighted by Gasteiger charge is -2.25. The molecule has 3 aromatic rings. The summed E-state index contributed by atoms with van der Waals surface area (Å²) in [5, 5.41) is 35.6. The average Bonchev–Trinajstić information content (AvgIpc) is 3.45. The van der Waals surface area contributed by atoms with Crippen molar-refractivity contribution < 1.29 is 34.5 Å². The lowest BCUT2D eigenvalue weighted by atomic mass is 10.0. The van der Waals surface area contributed by atoms with Gasteiger partial charge in [0.25, 0.3) is 0 Å². The SMILES string of the molecule is NC(Cc1ccccc1)C(=O)NC(Cc1ccc(O)cc1)C(=O)NC(Cc1cnc[nH]1)C(=O)NC(CO)C(=O)O. The van der Waals surface area contributed by atoms with Gasteiger partial charge >= 0.3 is 5.97 Å². The van der Waals surface area contributed by atoms with Gasteiger partial charge in [-0.25, -0.2) is 9.78 Å². The first-order valence-electron chi connectivity index (χ1n) is 12.5. The number of phenols is 1. The highest BCUT2D eigenvalue weighted by Crippen LogP contribution is 2.12. The second-order valence-electron chi connectivity index (χ2n) is 9.15. The van der Waals surface area contributed by atoms with Gasteiger partial charge in [-0.1, -0.05) is 42.5 Å². The Hall–Kier alpha value is -4.75. The number of amides is 3. The Balaban J connectivity index is 1.80. The second kappa shape index (κ2) is 14.4. The Morgan fingerprint density at radius 2 is 1.38 bits per heavy atom. The van der Waals surface area contributed by atoms with Gasteiger partial charge in [0.05, 0.1) is 19.0 Å². The first kappa shape index (κ1) is 29.8. The molecule has 9 N–H and O–H groups in total. The number of aliphatic hydroxyl groups excluding tert-OH is 1. The fraction of sp³-hybridized carbons (Fsp3) is 0.296. The van der Waals surface area contributed by atoms with Crippen LogP contribution < -0.4 is 21.7 Å². The van der Waals surface area contributed by atoms with Crippen LogP contribution >= 0.6 is 0 Å². The fourth-order valence-corrected chi connectivity index (χ4v) is 3.87. The fourth-order valence-electron chi connectivity index (χ4n) is 3.87. The van der Waals surface area contributed by atoms with Crippen LogP contribution in [0.15, 0.2) is 67.1 Å². The van der Waals surface area contributed by atoms with Crippen LogP contribution in [0.4, 0.5) is 0 Å². The topological polar surface area (TPSA) is 220 Å². The van der Waals surface area contributed by atoms with E-state index in [4.69, 9.17) is 5.73 Å². The zero-order chi connectivity index (χ0) is 29.1. The number of phenolic OH excluding ortho intramolecular Hbond substituents is 1. The molecule has 0 radical (unpaired) electrons. The van der Waals surface area contributed by atoms with Crippen molar-refractivity contribution in [1.29, 1.82) is 0 Å². The number of nitrogens with two attached hydrogens (primary N) is 1. The molecule has 13 heteroatoms. The van der Waals surface area contributed by atoms with Crippen molar-refractivity contribution in [3.63, 3.8) is 0 Å². The molecule has 0 aliphatic rings. The van der Waals surface area contributed by atoms with Gasteiger partial charge in [0, 0.05) is 24.7 Å². The van der Waals surface area contributed by atoms with E-state index in [1.165, 1.54) is 24.7 Å². The van der Waals surface area contributed by atoms with E-state index >= 15 is 0 Å². The molecule has 0 fully saturated rings. The summed E-state index contributed by atoms with van der Waals surface area (Å²) in [6.07, 6.45) is 2.96. The number of rotatable bonds is 14. The van der Waals surface area contributed by atoms with Gasteiger partial charge in [0.1, 0.15) is 23.9 Å². The standard InChI is InChI=1S/C27H32N6O7/c28-20(10-16-4-2-1-3-5-16)24(36)31-21(11-17-6-8-19(35)9-7-17)25(37)32-22(12-18-13-29-15-30-18)26(38)33-23(14-34)27(39)40/h1-9,13,15,20-23,34-35H,10-12,14,28H2,(H,29,30)(H,31,36)(H,32,37)(H,33,38)(H,39,40). The Morgan fingerprint density at radius 3 is 1.95 bits per heavy atom. The van der Waals surface area contributed by atoms with Gasteiger partial charge in [0.15, 0.2) is 0 Å². The number of hydrogen-bond acceptors (Lipinski definition) is 8. The molecular weight excluding hydrogens is 520 g/mol. The van der Waals surface area contributed by atoms with Crippen molar-refractivity contribution in [1.82, 2.24) is 25.9 Å². The number of nitrogens with zero attached hydrogens (tertiary/aromatic N) is 1. The van der Waals surface area contributed by atoms with Crippen LogP contribution in [-0.2, 0) is 38.4 Å². The average molecular weight is 553 g/mol. The van der Waals surface area contributed by atoms with Crippen molar-refractivity contribution in [3.8, 4) is 5.75 Å². The van der Waals surface area contributed by atoms with E-state index in [0.29, 0.717) is 11.3 Å². The molecule has 0 spiro atoms. The zero-order valence-electron chi connectivity index (χ0n) is 21.5. The number of carboxylic acids is 1. The highest BCUT2D eigenvalue weighted by atomic mass is 16.4. The zero-order valence-corrected chi connectivity index (χ0v) is 21.5. The molecule has 0 bridgehead atoms. The number of imidazole rings is 1. The molecule has 0 saturated heterocycles. The molecule has 3 amide bonds. The van der Waals surface area contributed by atoms with Crippen molar-refractivity contribution in [3.05, 3.63) is 83.9 Å². The largest absolute Gasteiger partial charge is 0.508 e. The van der Waals surface area contributed by atoms with Crippen molar-refractivity contribution in [2.45, 2.75) is 43.4 Å². The van der Waals surface area contributed by atoms with E-state index in [1.807, 2.05) is 30.3 Å². The van der Waals surface area contributed by atoms with Gasteiger partial charge in [-0.2, -0.15) is 0 Å². The summed E-state index contributed by atoms with van der Waals surface area (Å²) in [6.45, 7) is -0.857. The first-order chi connectivity index (χ1) is 19.2. The van der Waals surface area contributed by atoms with E-state index in [1.54, 1.807) is 12.1 Å². The van der Waals surface area contributed by atoms with Gasteiger partial charge in [-0.05, 0) is 29.7 Å². The van der Waals surface area contributed by atoms with Crippen LogP contribution in [0.1, 0.15) is 16.8 Å². The molecule has 3 rings (SSSR count). The molecule has 13 nitrogen and oxygen atoms in total. The Kier molecular flexibility index (Phi) is 10.7. The van der Waals surface area contributed by atoms with Crippen LogP contribution in [0.25, 0.3) is 0 Å². The summed E-state index contributed by atoms with van der Waals surface area (Å²) in [4.78, 5) is 57.5. The molecular formula is C27H32N6O7. The Labute approximate surface area is 229 Å². The number of aromatic amines is 1. The van der Waals surface area contributed by atoms with E-state index < -0.39 is 54.5 Å². The molecule has 1 heterocycles. The summed E-state index contributed by atoms with van der Waals surface area (Å²) >= 11 is 0. The first-order valence-corrected chi connectivity index (χ1v) is 12.5. The van der Waals surface area contributed by atoms with Gasteiger partial charge in [0.2, 0.25) is 17.7 Å². The third kappa shape index (κ3) is 8.92. The maximum atomic E-state index is 13.5. The monoisotopic (exact) mass is 552 g/mol. The van der Waals surface area contributed by atoms with Crippen LogP contribution in [0.3, 0.4) is 0 Å². The number of aromatic nitrogens is 2.